The van der Waals surface area contributed by atoms with Crippen LogP contribution in [0, 0.1) is 11.7 Å². The first kappa shape index (κ1) is 15.1. The fourth-order valence-electron chi connectivity index (χ4n) is 2.15. The largest absolute Gasteiger partial charge is 0.377 e. The maximum atomic E-state index is 13.1. The summed E-state index contributed by atoms with van der Waals surface area (Å²) < 4.78 is 18.9. The molecule has 1 aromatic rings. The van der Waals surface area contributed by atoms with Crippen molar-refractivity contribution in [1.29, 1.82) is 0 Å². The fraction of sp³-hybridized carbons (Fsp3) is 0.571. The van der Waals surface area contributed by atoms with Crippen LogP contribution in [0.4, 0.5) is 4.39 Å². The molecule has 0 radical (unpaired) electrons. The van der Waals surface area contributed by atoms with E-state index in [1.807, 2.05) is 13.0 Å². The summed E-state index contributed by atoms with van der Waals surface area (Å²) in [4.78, 5) is 0. The molecule has 0 aliphatic carbocycles. The number of benzene rings is 1. The molecule has 0 aliphatic heterocycles. The summed E-state index contributed by atoms with van der Waals surface area (Å²) >= 11 is 0. The Bertz CT molecular complexity index is 357. The van der Waals surface area contributed by atoms with Gasteiger partial charge in [-0.25, -0.2) is 4.39 Å². The van der Waals surface area contributed by atoms with E-state index in [9.17, 15) is 4.39 Å². The van der Waals surface area contributed by atoms with Crippen LogP contribution >= 0.6 is 0 Å². The van der Waals surface area contributed by atoms with E-state index in [4.69, 9.17) is 10.6 Å². The molecule has 0 bridgehead atoms. The molecule has 3 N–H and O–H groups in total. The number of nitrogens with one attached hydrogen (secondary N) is 1. The molecule has 1 aromatic carbocycles. The average molecular weight is 254 g/mol. The van der Waals surface area contributed by atoms with Crippen LogP contribution in [0.15, 0.2) is 24.3 Å². The summed E-state index contributed by atoms with van der Waals surface area (Å²) in [5, 5.41) is 0. The van der Waals surface area contributed by atoms with Gasteiger partial charge >= 0.3 is 0 Å². The van der Waals surface area contributed by atoms with Gasteiger partial charge in [-0.3, -0.25) is 11.3 Å². The van der Waals surface area contributed by atoms with Crippen LogP contribution in [0.3, 0.4) is 0 Å². The van der Waals surface area contributed by atoms with E-state index in [1.165, 1.54) is 12.1 Å². The molecule has 102 valence electrons. The van der Waals surface area contributed by atoms with E-state index in [-0.39, 0.29) is 18.0 Å². The van der Waals surface area contributed by atoms with Gasteiger partial charge in [0.1, 0.15) is 5.82 Å². The number of hydrogen-bond donors (Lipinski definition) is 2. The zero-order valence-electron chi connectivity index (χ0n) is 11.3. The van der Waals surface area contributed by atoms with Crippen molar-refractivity contribution in [3.63, 3.8) is 0 Å². The van der Waals surface area contributed by atoms with E-state index >= 15 is 0 Å². The Balaban J connectivity index is 2.76. The highest BCUT2D eigenvalue weighted by Crippen LogP contribution is 2.16. The third-order valence-corrected chi connectivity index (χ3v) is 2.97. The van der Waals surface area contributed by atoms with Crippen LogP contribution in [0.25, 0.3) is 0 Å². The van der Waals surface area contributed by atoms with Gasteiger partial charge in [-0.15, -0.1) is 0 Å². The van der Waals surface area contributed by atoms with Gasteiger partial charge in [-0.05, 0) is 37.0 Å². The molecule has 0 spiro atoms. The summed E-state index contributed by atoms with van der Waals surface area (Å²) in [7, 11) is 0. The van der Waals surface area contributed by atoms with E-state index in [1.54, 1.807) is 6.07 Å². The molecule has 0 fully saturated rings. The van der Waals surface area contributed by atoms with Crippen LogP contribution in [0.5, 0.6) is 0 Å². The zero-order chi connectivity index (χ0) is 13.5. The van der Waals surface area contributed by atoms with Crippen molar-refractivity contribution < 1.29 is 9.13 Å². The quantitative estimate of drug-likeness (QED) is 0.579. The van der Waals surface area contributed by atoms with Gasteiger partial charge in [0.05, 0.1) is 12.1 Å². The standard InChI is InChI=1S/C14H23FN2O/c1-4-18-14(10(2)3)13(17-16)9-11-6-5-7-12(15)8-11/h5-8,10,13-14,17H,4,9,16H2,1-3H3. The third-order valence-electron chi connectivity index (χ3n) is 2.97. The summed E-state index contributed by atoms with van der Waals surface area (Å²) in [5.74, 6) is 5.73. The maximum Gasteiger partial charge on any atom is 0.123 e. The van der Waals surface area contributed by atoms with Gasteiger partial charge in [0.25, 0.3) is 0 Å². The molecule has 0 saturated heterocycles. The molecule has 0 aliphatic rings. The lowest BCUT2D eigenvalue weighted by Crippen LogP contribution is -2.48. The van der Waals surface area contributed by atoms with Gasteiger partial charge in [-0.1, -0.05) is 26.0 Å². The lowest BCUT2D eigenvalue weighted by atomic mass is 9.94. The molecule has 0 heterocycles. The highest BCUT2D eigenvalue weighted by Gasteiger charge is 2.24. The molecule has 0 saturated carbocycles. The number of nitrogens with two attached hydrogens (primary N) is 1. The Kier molecular flexibility index (Phi) is 6.25. The minimum Gasteiger partial charge on any atom is -0.377 e. The van der Waals surface area contributed by atoms with Gasteiger partial charge in [0.15, 0.2) is 0 Å². The lowest BCUT2D eigenvalue weighted by Gasteiger charge is -2.29. The average Bonchev–Trinajstić information content (AvgIpc) is 2.33. The predicted molar refractivity (Wildman–Crippen MR) is 71.5 cm³/mol. The smallest absolute Gasteiger partial charge is 0.123 e. The molecule has 2 unspecified atom stereocenters. The minimum absolute atomic E-state index is 0.0169. The Labute approximate surface area is 108 Å². The molecular weight excluding hydrogens is 231 g/mol. The van der Waals surface area contributed by atoms with E-state index in [0.29, 0.717) is 18.9 Å². The normalized spacial score (nSPS) is 14.8. The summed E-state index contributed by atoms with van der Waals surface area (Å²) in [6.45, 7) is 6.79. The van der Waals surface area contributed by atoms with Gasteiger partial charge in [0, 0.05) is 6.61 Å². The van der Waals surface area contributed by atoms with Crippen molar-refractivity contribution in [1.82, 2.24) is 5.43 Å². The number of ether oxygens (including phenoxy) is 1. The molecule has 1 rings (SSSR count). The Hall–Kier alpha value is -0.970. The lowest BCUT2D eigenvalue weighted by molar-refractivity contribution is 0.00354. The number of hydrazine groups is 1. The van der Waals surface area contributed by atoms with E-state index in [2.05, 4.69) is 19.3 Å². The highest BCUT2D eigenvalue weighted by atomic mass is 19.1. The van der Waals surface area contributed by atoms with Crippen LogP contribution in [-0.2, 0) is 11.2 Å². The second-order valence-electron chi connectivity index (χ2n) is 4.77. The number of hydrogen-bond acceptors (Lipinski definition) is 3. The molecule has 0 aromatic heterocycles. The van der Waals surface area contributed by atoms with Crippen molar-refractivity contribution in [3.05, 3.63) is 35.6 Å². The second kappa shape index (κ2) is 7.46. The Morgan fingerprint density at radius 3 is 2.61 bits per heavy atom. The predicted octanol–water partition coefficient (Wildman–Crippen LogP) is 2.26. The van der Waals surface area contributed by atoms with Crippen molar-refractivity contribution in [2.45, 2.75) is 39.3 Å². The van der Waals surface area contributed by atoms with E-state index < -0.39 is 0 Å². The Morgan fingerprint density at radius 1 is 1.39 bits per heavy atom. The molecule has 4 heteroatoms. The SMILES string of the molecule is CCOC(C(C)C)C(Cc1cccc(F)c1)NN. The van der Waals surface area contributed by atoms with Crippen molar-refractivity contribution in [2.75, 3.05) is 6.61 Å². The molecule has 3 nitrogen and oxygen atoms in total. The summed E-state index contributed by atoms with van der Waals surface area (Å²) in [6, 6.07) is 6.57. The zero-order valence-corrected chi connectivity index (χ0v) is 11.3. The first-order valence-corrected chi connectivity index (χ1v) is 6.40. The first-order chi connectivity index (χ1) is 8.58. The number of rotatable bonds is 7. The molecule has 18 heavy (non-hydrogen) atoms. The highest BCUT2D eigenvalue weighted by molar-refractivity contribution is 5.17. The van der Waals surface area contributed by atoms with Crippen molar-refractivity contribution in [2.24, 2.45) is 11.8 Å². The Morgan fingerprint density at radius 2 is 2.11 bits per heavy atom. The van der Waals surface area contributed by atoms with Crippen molar-refractivity contribution >= 4 is 0 Å². The molecule has 2 atom stereocenters. The van der Waals surface area contributed by atoms with Gasteiger partial charge in [-0.2, -0.15) is 0 Å². The third kappa shape index (κ3) is 4.37. The van der Waals surface area contributed by atoms with Crippen molar-refractivity contribution in [3.8, 4) is 0 Å². The molecule has 0 amide bonds. The first-order valence-electron chi connectivity index (χ1n) is 6.40. The van der Waals surface area contributed by atoms with Crippen LogP contribution < -0.4 is 11.3 Å². The number of halogens is 1. The maximum absolute atomic E-state index is 13.1. The van der Waals surface area contributed by atoms with Crippen LogP contribution in [0.1, 0.15) is 26.3 Å². The van der Waals surface area contributed by atoms with Gasteiger partial charge < -0.3 is 4.74 Å². The van der Waals surface area contributed by atoms with Crippen LogP contribution in [0.2, 0.25) is 0 Å². The van der Waals surface area contributed by atoms with Crippen LogP contribution in [-0.4, -0.2) is 18.8 Å². The topological polar surface area (TPSA) is 47.3 Å². The molecular formula is C14H23FN2O. The second-order valence-corrected chi connectivity index (χ2v) is 4.77. The minimum atomic E-state index is -0.222. The summed E-state index contributed by atoms with van der Waals surface area (Å²) in [6.07, 6.45) is 0.667. The van der Waals surface area contributed by atoms with Gasteiger partial charge in [0.2, 0.25) is 0 Å². The fourth-order valence-corrected chi connectivity index (χ4v) is 2.15. The monoisotopic (exact) mass is 254 g/mol. The van der Waals surface area contributed by atoms with E-state index in [0.717, 1.165) is 5.56 Å². The summed E-state index contributed by atoms with van der Waals surface area (Å²) in [5.41, 5.74) is 3.71.